The highest BCUT2D eigenvalue weighted by molar-refractivity contribution is 5.76. The van der Waals surface area contributed by atoms with Gasteiger partial charge >= 0.3 is 0 Å². The average Bonchev–Trinajstić information content (AvgIpc) is 0.787. The number of allylic oxidation sites excluding steroid dienone is 25. The molecule has 19 heteroatoms. The van der Waals surface area contributed by atoms with Crippen LogP contribution < -0.4 is 5.32 Å². The van der Waals surface area contributed by atoms with Crippen molar-refractivity contribution in [2.75, 3.05) is 26.4 Å². The first-order valence-electron chi connectivity index (χ1n) is 41.7. The number of amides is 1. The average molecular weight is 1520 g/mol. The molecule has 12 N–H and O–H groups in total. The monoisotopic (exact) mass is 1520 g/mol. The first kappa shape index (κ1) is 97.6. The Kier molecular flexibility index (Phi) is 60.5. The maximum Gasteiger partial charge on any atom is 0.220 e. The van der Waals surface area contributed by atoms with E-state index in [0.29, 0.717) is 6.42 Å². The van der Waals surface area contributed by atoms with Crippen LogP contribution in [0.1, 0.15) is 264 Å². The third-order valence-corrected chi connectivity index (χ3v) is 19.6. The fourth-order valence-corrected chi connectivity index (χ4v) is 12.9. The predicted octanol–water partition coefficient (Wildman–Crippen LogP) is 14.8. The Morgan fingerprint density at radius 3 is 1.00 bits per heavy atom. The molecule has 17 atom stereocenters. The zero-order chi connectivity index (χ0) is 78.1. The van der Waals surface area contributed by atoms with Crippen molar-refractivity contribution >= 4 is 5.91 Å². The Labute approximate surface area is 650 Å². The van der Waals surface area contributed by atoms with E-state index >= 15 is 0 Å². The third-order valence-electron chi connectivity index (χ3n) is 19.6. The lowest BCUT2D eigenvalue weighted by Crippen LogP contribution is -2.66. The molecule has 3 aliphatic rings. The number of rotatable bonds is 64. The minimum absolute atomic E-state index is 0.204. The van der Waals surface area contributed by atoms with E-state index in [1.165, 1.54) is 109 Å². The minimum Gasteiger partial charge on any atom is -0.394 e. The molecular formula is C89H147NO18. The van der Waals surface area contributed by atoms with E-state index in [2.05, 4.69) is 165 Å². The van der Waals surface area contributed by atoms with Crippen molar-refractivity contribution in [3.8, 4) is 0 Å². The van der Waals surface area contributed by atoms with E-state index in [1.54, 1.807) is 6.08 Å². The highest BCUT2D eigenvalue weighted by Gasteiger charge is 2.54. The molecule has 3 fully saturated rings. The van der Waals surface area contributed by atoms with Gasteiger partial charge in [0.15, 0.2) is 18.9 Å². The summed E-state index contributed by atoms with van der Waals surface area (Å²) in [6, 6.07) is -1.00. The Bertz CT molecular complexity index is 2570. The highest BCUT2D eigenvalue weighted by atomic mass is 16.8. The third kappa shape index (κ3) is 45.8. The molecule has 0 spiro atoms. The van der Waals surface area contributed by atoms with Gasteiger partial charge in [0.1, 0.15) is 73.2 Å². The normalized spacial score (nSPS) is 26.2. The SMILES string of the molecule is CC/C=C\C/C=C\C/C=C\C/C=C\C/C=C\C/C=C\C/C=C\C/C=C\C/C=C\C/C=C\C/C=C\C/C=C\CCCCCCC(=O)NC(COC1OC(CO)C(OC2OC(CO)C(OC3OC(CO)C(O)C(O)C3O)C(O)C2O)C(O)C1O)C(O)/C=C/CCCCCCCCCCCCCCCCCCCCCC. The fourth-order valence-electron chi connectivity index (χ4n) is 12.9. The Hall–Kier alpha value is -4.59. The molecule has 0 aliphatic carbocycles. The lowest BCUT2D eigenvalue weighted by molar-refractivity contribution is -0.379. The van der Waals surface area contributed by atoms with Crippen molar-refractivity contribution in [3.05, 3.63) is 158 Å². The van der Waals surface area contributed by atoms with Gasteiger partial charge in [0.25, 0.3) is 0 Å². The second-order valence-electron chi connectivity index (χ2n) is 28.9. The van der Waals surface area contributed by atoms with E-state index in [4.69, 9.17) is 28.4 Å². The van der Waals surface area contributed by atoms with Crippen LogP contribution in [0, 0.1) is 0 Å². The van der Waals surface area contributed by atoms with Crippen LogP contribution in [0.2, 0.25) is 0 Å². The summed E-state index contributed by atoms with van der Waals surface area (Å²) in [5.41, 5.74) is 0. The zero-order valence-electron chi connectivity index (χ0n) is 66.0. The summed E-state index contributed by atoms with van der Waals surface area (Å²) in [7, 11) is 0. The molecule has 0 bridgehead atoms. The summed E-state index contributed by atoms with van der Waals surface area (Å²) in [5.74, 6) is -0.304. The van der Waals surface area contributed by atoms with Gasteiger partial charge in [-0.25, -0.2) is 0 Å². The molecule has 616 valence electrons. The van der Waals surface area contributed by atoms with Gasteiger partial charge in [0.2, 0.25) is 5.91 Å². The molecule has 19 nitrogen and oxygen atoms in total. The van der Waals surface area contributed by atoms with Gasteiger partial charge in [-0.3, -0.25) is 4.79 Å². The number of ether oxygens (including phenoxy) is 6. The van der Waals surface area contributed by atoms with Gasteiger partial charge in [-0.15, -0.1) is 0 Å². The molecule has 3 rings (SSSR count). The van der Waals surface area contributed by atoms with Crippen molar-refractivity contribution in [1.29, 1.82) is 0 Å². The van der Waals surface area contributed by atoms with Gasteiger partial charge in [-0.2, -0.15) is 0 Å². The Balaban J connectivity index is 1.37. The van der Waals surface area contributed by atoms with Crippen molar-refractivity contribution in [3.63, 3.8) is 0 Å². The fraction of sp³-hybridized carbons (Fsp3) is 0.697. The molecule has 1 amide bonds. The molecule has 3 saturated heterocycles. The van der Waals surface area contributed by atoms with Crippen LogP contribution >= 0.6 is 0 Å². The smallest absolute Gasteiger partial charge is 0.220 e. The number of carbonyl (C=O) groups excluding carboxylic acids is 1. The van der Waals surface area contributed by atoms with Gasteiger partial charge < -0.3 is 89.9 Å². The van der Waals surface area contributed by atoms with E-state index in [0.717, 1.165) is 128 Å². The summed E-state index contributed by atoms with van der Waals surface area (Å²) >= 11 is 0. The molecule has 0 aromatic heterocycles. The minimum atomic E-state index is -1.99. The molecule has 17 unspecified atom stereocenters. The summed E-state index contributed by atoms with van der Waals surface area (Å²) in [6.07, 6.45) is 72.2. The molecule has 0 aromatic rings. The van der Waals surface area contributed by atoms with Crippen LogP contribution in [0.4, 0.5) is 0 Å². The van der Waals surface area contributed by atoms with Crippen molar-refractivity contribution < 1.29 is 89.4 Å². The molecule has 0 radical (unpaired) electrons. The summed E-state index contributed by atoms with van der Waals surface area (Å²) < 4.78 is 34.4. The first-order chi connectivity index (χ1) is 52.8. The summed E-state index contributed by atoms with van der Waals surface area (Å²) in [5, 5.41) is 121. The van der Waals surface area contributed by atoms with Crippen LogP contribution in [0.3, 0.4) is 0 Å². The van der Waals surface area contributed by atoms with Crippen LogP contribution in [-0.4, -0.2) is 193 Å². The largest absolute Gasteiger partial charge is 0.394 e. The molecule has 0 aromatic carbocycles. The van der Waals surface area contributed by atoms with Crippen LogP contribution in [0.25, 0.3) is 0 Å². The first-order valence-corrected chi connectivity index (χ1v) is 41.7. The van der Waals surface area contributed by atoms with Gasteiger partial charge in [0.05, 0.1) is 38.6 Å². The lowest BCUT2D eigenvalue weighted by atomic mass is 9.96. The molecule has 3 heterocycles. The second kappa shape index (κ2) is 67.0. The maximum absolute atomic E-state index is 13.5. The highest BCUT2D eigenvalue weighted by Crippen LogP contribution is 2.33. The van der Waals surface area contributed by atoms with Crippen molar-refractivity contribution in [1.82, 2.24) is 5.32 Å². The molecule has 108 heavy (non-hydrogen) atoms. The van der Waals surface area contributed by atoms with E-state index in [1.807, 2.05) is 6.08 Å². The number of hydrogen-bond acceptors (Lipinski definition) is 18. The van der Waals surface area contributed by atoms with Crippen LogP contribution in [-0.2, 0) is 33.2 Å². The maximum atomic E-state index is 13.5. The van der Waals surface area contributed by atoms with E-state index in [-0.39, 0.29) is 18.9 Å². The van der Waals surface area contributed by atoms with Crippen LogP contribution in [0.15, 0.2) is 158 Å². The Morgan fingerprint density at radius 2 is 0.639 bits per heavy atom. The molecule has 0 saturated carbocycles. The van der Waals surface area contributed by atoms with Gasteiger partial charge in [0, 0.05) is 6.42 Å². The zero-order valence-corrected chi connectivity index (χ0v) is 66.0. The number of aliphatic hydroxyl groups is 11. The number of hydrogen-bond donors (Lipinski definition) is 12. The molecular weight excluding hydrogens is 1370 g/mol. The van der Waals surface area contributed by atoms with Crippen molar-refractivity contribution in [2.45, 2.75) is 369 Å². The van der Waals surface area contributed by atoms with Crippen LogP contribution in [0.5, 0.6) is 0 Å². The number of carbonyl (C=O) groups is 1. The second-order valence-corrected chi connectivity index (χ2v) is 28.9. The van der Waals surface area contributed by atoms with Gasteiger partial charge in [-0.1, -0.05) is 307 Å². The van der Waals surface area contributed by atoms with Gasteiger partial charge in [-0.05, 0) is 109 Å². The van der Waals surface area contributed by atoms with E-state index < -0.39 is 124 Å². The number of unbranched alkanes of at least 4 members (excludes halogenated alkanes) is 24. The number of nitrogens with one attached hydrogen (secondary N) is 1. The van der Waals surface area contributed by atoms with Crippen molar-refractivity contribution in [2.24, 2.45) is 0 Å². The summed E-state index contributed by atoms with van der Waals surface area (Å²) in [4.78, 5) is 13.5. The lowest BCUT2D eigenvalue weighted by Gasteiger charge is -2.48. The Morgan fingerprint density at radius 1 is 0.343 bits per heavy atom. The topological polar surface area (TPSA) is 307 Å². The summed E-state index contributed by atoms with van der Waals surface area (Å²) in [6.45, 7) is 1.61. The quantitative estimate of drug-likeness (QED) is 0.0199. The standard InChI is InChI=1S/C89H147NO18/c1-3-5-7-9-11-13-15-17-19-21-23-25-27-28-29-30-31-32-33-34-35-36-37-38-39-40-41-42-43-44-45-47-49-51-53-55-57-59-61-63-65-67-77(95)90-72(73(94)66-64-62-60-58-56-54-52-50-48-46-26-24-22-20-18-16-14-12-10-8-6-4-2)71-103-87-83(101)80(98)85(75(69-92)105-87)108-89-84(102)81(99)86(76(70-93)106-89)107-88-82(100)79(97)78(96)74(68-91)104-88/h5,7,11,13,17,19,23,25,28-29,31-32,34-35,37-38,40-41,43-44,47,49,53,55,64,66,72-76,78-89,91-94,96-102H,3-4,6,8-10,12,14-16,18,20-22,24,26-27,30,33,36,39,42,45-46,48,50-52,54,56-63,65,67-71H2,1-2H3,(H,90,95)/b7-5-,13-11-,19-17-,25-23-,29-28-,32-31-,35-34-,38-37-,41-40-,44-43-,49-47-,55-53-,66-64+. The molecule has 3 aliphatic heterocycles. The number of aliphatic hydroxyl groups excluding tert-OH is 11. The predicted molar refractivity (Wildman–Crippen MR) is 433 cm³/mol. The van der Waals surface area contributed by atoms with E-state index in [9.17, 15) is 61.0 Å².